The molecule has 1 heterocycles. The summed E-state index contributed by atoms with van der Waals surface area (Å²) < 4.78 is 5.26. The average Bonchev–Trinajstić information content (AvgIpc) is 2.30. The topological polar surface area (TPSA) is 41.7 Å². The molecule has 0 amide bonds. The first-order valence-corrected chi connectivity index (χ1v) is 6.69. The SMILES string of the molecule is COCC(C)C(CN)N1CCCC(N(C)C)C1. The molecule has 0 saturated carbocycles. The second-order valence-electron chi connectivity index (χ2n) is 5.49. The normalized spacial score (nSPS) is 26.1. The van der Waals surface area contributed by atoms with Crippen molar-refractivity contribution in [1.29, 1.82) is 0 Å². The molecule has 4 heteroatoms. The van der Waals surface area contributed by atoms with Crippen molar-refractivity contribution in [3.8, 4) is 0 Å². The molecule has 2 N–H and O–H groups in total. The van der Waals surface area contributed by atoms with E-state index in [1.54, 1.807) is 7.11 Å². The molecule has 0 aromatic heterocycles. The van der Waals surface area contributed by atoms with Gasteiger partial charge in [0, 0.05) is 32.3 Å². The summed E-state index contributed by atoms with van der Waals surface area (Å²) in [5, 5.41) is 0. The van der Waals surface area contributed by atoms with Crippen LogP contribution >= 0.6 is 0 Å². The van der Waals surface area contributed by atoms with Crippen LogP contribution in [0.1, 0.15) is 19.8 Å². The number of nitrogens with zero attached hydrogens (tertiary/aromatic N) is 2. The van der Waals surface area contributed by atoms with E-state index in [1.165, 1.54) is 19.4 Å². The summed E-state index contributed by atoms with van der Waals surface area (Å²) in [6.45, 7) is 6.08. The smallest absolute Gasteiger partial charge is 0.0503 e. The van der Waals surface area contributed by atoms with Crippen LogP contribution in [0.15, 0.2) is 0 Å². The van der Waals surface area contributed by atoms with Crippen LogP contribution in [0, 0.1) is 5.92 Å². The predicted molar refractivity (Wildman–Crippen MR) is 72.2 cm³/mol. The minimum Gasteiger partial charge on any atom is -0.384 e. The molecule has 1 rings (SSSR count). The molecule has 1 fully saturated rings. The molecule has 3 atom stereocenters. The molecule has 3 unspecified atom stereocenters. The fourth-order valence-electron chi connectivity index (χ4n) is 2.82. The van der Waals surface area contributed by atoms with Gasteiger partial charge in [-0.1, -0.05) is 6.92 Å². The Hall–Kier alpha value is -0.160. The van der Waals surface area contributed by atoms with Crippen LogP contribution in [0.5, 0.6) is 0 Å². The van der Waals surface area contributed by atoms with E-state index in [0.717, 1.165) is 19.7 Å². The predicted octanol–water partition coefficient (Wildman–Crippen LogP) is 0.622. The van der Waals surface area contributed by atoms with E-state index in [0.29, 0.717) is 18.0 Å². The Morgan fingerprint density at radius 1 is 1.47 bits per heavy atom. The van der Waals surface area contributed by atoms with Gasteiger partial charge in [0.25, 0.3) is 0 Å². The molecule has 0 spiro atoms. The van der Waals surface area contributed by atoms with Crippen LogP contribution in [0.25, 0.3) is 0 Å². The van der Waals surface area contributed by atoms with Gasteiger partial charge in [-0.3, -0.25) is 4.90 Å². The molecule has 102 valence electrons. The van der Waals surface area contributed by atoms with Crippen LogP contribution in [0.3, 0.4) is 0 Å². The number of likely N-dealkylation sites (tertiary alicyclic amines) is 1. The first-order valence-electron chi connectivity index (χ1n) is 6.69. The Labute approximate surface area is 106 Å². The van der Waals surface area contributed by atoms with Gasteiger partial charge < -0.3 is 15.4 Å². The number of nitrogens with two attached hydrogens (primary N) is 1. The third-order valence-electron chi connectivity index (χ3n) is 3.96. The van der Waals surface area contributed by atoms with Crippen LogP contribution in [-0.4, -0.2) is 69.3 Å². The second-order valence-corrected chi connectivity index (χ2v) is 5.49. The monoisotopic (exact) mass is 243 g/mol. The van der Waals surface area contributed by atoms with Crippen molar-refractivity contribution in [2.45, 2.75) is 31.8 Å². The van der Waals surface area contributed by atoms with Crippen LogP contribution < -0.4 is 5.73 Å². The molecule has 4 nitrogen and oxygen atoms in total. The Bertz CT molecular complexity index is 211. The highest BCUT2D eigenvalue weighted by molar-refractivity contribution is 4.85. The quantitative estimate of drug-likeness (QED) is 0.743. The van der Waals surface area contributed by atoms with E-state index in [-0.39, 0.29) is 0 Å². The molecule has 1 saturated heterocycles. The summed E-state index contributed by atoms with van der Waals surface area (Å²) >= 11 is 0. The lowest BCUT2D eigenvalue weighted by Gasteiger charge is -2.42. The van der Waals surface area contributed by atoms with Crippen molar-refractivity contribution in [2.24, 2.45) is 11.7 Å². The molecular weight excluding hydrogens is 214 g/mol. The standard InChI is InChI=1S/C13H29N3O/c1-11(10-17-4)13(8-14)16-7-5-6-12(9-16)15(2)3/h11-13H,5-10,14H2,1-4H3. The van der Waals surface area contributed by atoms with E-state index in [4.69, 9.17) is 10.5 Å². The summed E-state index contributed by atoms with van der Waals surface area (Å²) in [5.41, 5.74) is 5.95. The Balaban J connectivity index is 2.55. The number of rotatable bonds is 6. The maximum absolute atomic E-state index is 5.95. The highest BCUT2D eigenvalue weighted by Gasteiger charge is 2.29. The average molecular weight is 243 g/mol. The largest absolute Gasteiger partial charge is 0.384 e. The number of hydrogen-bond donors (Lipinski definition) is 1. The van der Waals surface area contributed by atoms with Gasteiger partial charge in [-0.05, 0) is 39.4 Å². The molecular formula is C13H29N3O. The van der Waals surface area contributed by atoms with E-state index < -0.39 is 0 Å². The first kappa shape index (κ1) is 14.9. The maximum atomic E-state index is 5.95. The van der Waals surface area contributed by atoms with E-state index in [1.807, 2.05) is 0 Å². The zero-order valence-corrected chi connectivity index (χ0v) is 11.9. The number of likely N-dealkylation sites (N-methyl/N-ethyl adjacent to an activating group) is 1. The third kappa shape index (κ3) is 4.21. The third-order valence-corrected chi connectivity index (χ3v) is 3.96. The van der Waals surface area contributed by atoms with Crippen molar-refractivity contribution in [3.05, 3.63) is 0 Å². The van der Waals surface area contributed by atoms with Gasteiger partial charge in [-0.25, -0.2) is 0 Å². The molecule has 0 bridgehead atoms. The van der Waals surface area contributed by atoms with Crippen molar-refractivity contribution >= 4 is 0 Å². The second kappa shape index (κ2) is 7.31. The summed E-state index contributed by atoms with van der Waals surface area (Å²) in [6.07, 6.45) is 2.58. The Kier molecular flexibility index (Phi) is 6.41. The fraction of sp³-hybridized carbons (Fsp3) is 1.00. The van der Waals surface area contributed by atoms with E-state index in [9.17, 15) is 0 Å². The van der Waals surface area contributed by atoms with Gasteiger partial charge in [-0.2, -0.15) is 0 Å². The lowest BCUT2D eigenvalue weighted by molar-refractivity contribution is 0.0476. The summed E-state index contributed by atoms with van der Waals surface area (Å²) in [6, 6.07) is 1.13. The number of piperidine rings is 1. The number of hydrogen-bond acceptors (Lipinski definition) is 4. The van der Waals surface area contributed by atoms with Crippen LogP contribution in [0.4, 0.5) is 0 Å². The molecule has 0 radical (unpaired) electrons. The van der Waals surface area contributed by atoms with Gasteiger partial charge in [0.1, 0.15) is 0 Å². The summed E-state index contributed by atoms with van der Waals surface area (Å²) in [5.74, 6) is 0.505. The van der Waals surface area contributed by atoms with Gasteiger partial charge in [0.15, 0.2) is 0 Å². The molecule has 1 aliphatic heterocycles. The van der Waals surface area contributed by atoms with Gasteiger partial charge in [-0.15, -0.1) is 0 Å². The Morgan fingerprint density at radius 3 is 2.71 bits per heavy atom. The number of methoxy groups -OCH3 is 1. The lowest BCUT2D eigenvalue weighted by Crippen LogP contribution is -2.53. The molecule has 0 aromatic rings. The van der Waals surface area contributed by atoms with Crippen molar-refractivity contribution in [1.82, 2.24) is 9.80 Å². The highest BCUT2D eigenvalue weighted by Crippen LogP contribution is 2.19. The minimum absolute atomic E-state index is 0.456. The van der Waals surface area contributed by atoms with Gasteiger partial charge >= 0.3 is 0 Å². The molecule has 0 aliphatic carbocycles. The van der Waals surface area contributed by atoms with Crippen molar-refractivity contribution < 1.29 is 4.74 Å². The molecule has 0 aromatic carbocycles. The van der Waals surface area contributed by atoms with E-state index >= 15 is 0 Å². The van der Waals surface area contributed by atoms with Crippen molar-refractivity contribution in [3.63, 3.8) is 0 Å². The van der Waals surface area contributed by atoms with Gasteiger partial charge in [0.2, 0.25) is 0 Å². The number of ether oxygens (including phenoxy) is 1. The summed E-state index contributed by atoms with van der Waals surface area (Å²) in [4.78, 5) is 4.89. The highest BCUT2D eigenvalue weighted by atomic mass is 16.5. The van der Waals surface area contributed by atoms with E-state index in [2.05, 4.69) is 30.8 Å². The van der Waals surface area contributed by atoms with Crippen molar-refractivity contribution in [2.75, 3.05) is 47.4 Å². The Morgan fingerprint density at radius 2 is 2.18 bits per heavy atom. The zero-order valence-electron chi connectivity index (χ0n) is 11.9. The lowest BCUT2D eigenvalue weighted by atomic mass is 9.96. The first-order chi connectivity index (χ1) is 8.10. The zero-order chi connectivity index (χ0) is 12.8. The fourth-order valence-corrected chi connectivity index (χ4v) is 2.82. The minimum atomic E-state index is 0.456. The van der Waals surface area contributed by atoms with Crippen LogP contribution in [-0.2, 0) is 4.74 Å². The van der Waals surface area contributed by atoms with Gasteiger partial charge in [0.05, 0.1) is 6.61 Å². The maximum Gasteiger partial charge on any atom is 0.0503 e. The molecule has 17 heavy (non-hydrogen) atoms. The summed E-state index contributed by atoms with van der Waals surface area (Å²) in [7, 11) is 6.11. The molecule has 1 aliphatic rings. The van der Waals surface area contributed by atoms with Crippen LogP contribution in [0.2, 0.25) is 0 Å².